The first-order valence-corrected chi connectivity index (χ1v) is 7.46. The monoisotopic (exact) mass is 261 g/mol. The number of rotatable bonds is 3. The van der Waals surface area contributed by atoms with Crippen LogP contribution < -0.4 is 0 Å². The van der Waals surface area contributed by atoms with Crippen molar-refractivity contribution in [3.63, 3.8) is 0 Å². The van der Waals surface area contributed by atoms with Gasteiger partial charge in [-0.1, -0.05) is 43.7 Å². The first kappa shape index (κ1) is 14.5. The van der Waals surface area contributed by atoms with Crippen LogP contribution in [0.15, 0.2) is 24.3 Å². The van der Waals surface area contributed by atoms with Crippen LogP contribution >= 0.6 is 0 Å². The Morgan fingerprint density at radius 2 is 1.63 bits per heavy atom. The van der Waals surface area contributed by atoms with Crippen molar-refractivity contribution in [1.82, 2.24) is 4.90 Å². The maximum absolute atomic E-state index is 10.6. The first-order chi connectivity index (χ1) is 8.97. The number of benzene rings is 1. The SMILES string of the molecule is Cc1ccc(C(O)C(C)N2CC(C)CC(C)C2)cc1. The second kappa shape index (κ2) is 6.06. The van der Waals surface area contributed by atoms with Gasteiger partial charge in [-0.25, -0.2) is 0 Å². The molecule has 1 fully saturated rings. The molecule has 1 aliphatic rings. The predicted octanol–water partition coefficient (Wildman–Crippen LogP) is 3.39. The molecule has 4 atom stereocenters. The van der Waals surface area contributed by atoms with Gasteiger partial charge in [0.1, 0.15) is 0 Å². The number of aliphatic hydroxyl groups is 1. The Morgan fingerprint density at radius 3 is 2.16 bits per heavy atom. The lowest BCUT2D eigenvalue weighted by molar-refractivity contribution is 0.0208. The van der Waals surface area contributed by atoms with Crippen LogP contribution in [0, 0.1) is 18.8 Å². The van der Waals surface area contributed by atoms with Gasteiger partial charge >= 0.3 is 0 Å². The van der Waals surface area contributed by atoms with Crippen molar-refractivity contribution in [3.05, 3.63) is 35.4 Å². The van der Waals surface area contributed by atoms with Crippen molar-refractivity contribution in [2.75, 3.05) is 13.1 Å². The number of piperidine rings is 1. The summed E-state index contributed by atoms with van der Waals surface area (Å²) in [6.07, 6.45) is 0.919. The first-order valence-electron chi connectivity index (χ1n) is 7.46. The minimum atomic E-state index is -0.391. The highest BCUT2D eigenvalue weighted by molar-refractivity contribution is 5.24. The second-order valence-electron chi connectivity index (χ2n) is 6.50. The lowest BCUT2D eigenvalue weighted by atomic mass is 9.89. The topological polar surface area (TPSA) is 23.5 Å². The Labute approximate surface area is 117 Å². The average Bonchev–Trinajstić information content (AvgIpc) is 2.37. The maximum atomic E-state index is 10.6. The molecule has 1 saturated heterocycles. The van der Waals surface area contributed by atoms with E-state index < -0.39 is 6.10 Å². The summed E-state index contributed by atoms with van der Waals surface area (Å²) in [6, 6.07) is 8.44. The van der Waals surface area contributed by atoms with Gasteiger partial charge in [-0.3, -0.25) is 4.90 Å². The van der Waals surface area contributed by atoms with E-state index in [1.807, 2.05) is 12.1 Å². The van der Waals surface area contributed by atoms with E-state index in [4.69, 9.17) is 0 Å². The van der Waals surface area contributed by atoms with E-state index in [1.54, 1.807) is 0 Å². The Kier molecular flexibility index (Phi) is 4.64. The molecule has 2 rings (SSSR count). The Bertz CT molecular complexity index is 390. The van der Waals surface area contributed by atoms with Gasteiger partial charge in [-0.05, 0) is 37.7 Å². The zero-order valence-electron chi connectivity index (χ0n) is 12.6. The number of aryl methyl sites for hydroxylation is 1. The molecule has 4 unspecified atom stereocenters. The van der Waals surface area contributed by atoms with Crippen LogP contribution in [0.25, 0.3) is 0 Å². The van der Waals surface area contributed by atoms with Crippen LogP contribution in [-0.2, 0) is 0 Å². The number of nitrogens with zero attached hydrogens (tertiary/aromatic N) is 1. The van der Waals surface area contributed by atoms with E-state index in [1.165, 1.54) is 12.0 Å². The fraction of sp³-hybridized carbons (Fsp3) is 0.647. The minimum absolute atomic E-state index is 0.188. The van der Waals surface area contributed by atoms with E-state index in [0.29, 0.717) is 0 Å². The van der Waals surface area contributed by atoms with Crippen LogP contribution in [-0.4, -0.2) is 29.1 Å². The van der Waals surface area contributed by atoms with Crippen LogP contribution in [0.1, 0.15) is 44.4 Å². The van der Waals surface area contributed by atoms with Crippen molar-refractivity contribution >= 4 is 0 Å². The maximum Gasteiger partial charge on any atom is 0.0942 e. The number of aliphatic hydroxyl groups excluding tert-OH is 1. The summed E-state index contributed by atoms with van der Waals surface area (Å²) in [5.74, 6) is 1.47. The fourth-order valence-electron chi connectivity index (χ4n) is 3.29. The van der Waals surface area contributed by atoms with Crippen molar-refractivity contribution in [1.29, 1.82) is 0 Å². The molecule has 0 saturated carbocycles. The van der Waals surface area contributed by atoms with Crippen LogP contribution in [0.4, 0.5) is 0 Å². The molecule has 0 amide bonds. The summed E-state index contributed by atoms with van der Waals surface area (Å²) in [5, 5.41) is 10.6. The standard InChI is InChI=1S/C17H27NO/c1-12-5-7-16(8-6-12)17(19)15(4)18-10-13(2)9-14(3)11-18/h5-8,13-15,17,19H,9-11H2,1-4H3. The van der Waals surface area contributed by atoms with Crippen LogP contribution in [0.2, 0.25) is 0 Å². The highest BCUT2D eigenvalue weighted by Crippen LogP contribution is 2.28. The lowest BCUT2D eigenvalue weighted by Gasteiger charge is -2.40. The van der Waals surface area contributed by atoms with Gasteiger partial charge in [0.15, 0.2) is 0 Å². The summed E-state index contributed by atoms with van der Waals surface area (Å²) in [4.78, 5) is 2.45. The van der Waals surface area contributed by atoms with E-state index in [-0.39, 0.29) is 6.04 Å². The number of likely N-dealkylation sites (tertiary alicyclic amines) is 1. The normalized spacial score (nSPS) is 28.1. The zero-order chi connectivity index (χ0) is 14.0. The highest BCUT2D eigenvalue weighted by Gasteiger charge is 2.29. The van der Waals surface area contributed by atoms with Crippen molar-refractivity contribution in [3.8, 4) is 0 Å². The number of hydrogen-bond donors (Lipinski definition) is 1. The summed E-state index contributed by atoms with van der Waals surface area (Å²) in [7, 11) is 0. The van der Waals surface area contributed by atoms with Crippen LogP contribution in [0.5, 0.6) is 0 Å². The Morgan fingerprint density at radius 1 is 1.11 bits per heavy atom. The van der Waals surface area contributed by atoms with Gasteiger partial charge < -0.3 is 5.11 Å². The van der Waals surface area contributed by atoms with Gasteiger partial charge in [-0.15, -0.1) is 0 Å². The van der Waals surface area contributed by atoms with Gasteiger partial charge in [0.25, 0.3) is 0 Å². The molecule has 0 aromatic heterocycles. The quantitative estimate of drug-likeness (QED) is 0.901. The predicted molar refractivity (Wildman–Crippen MR) is 80.1 cm³/mol. The summed E-state index contributed by atoms with van der Waals surface area (Å²) < 4.78 is 0. The molecule has 1 heterocycles. The molecule has 0 aliphatic carbocycles. The van der Waals surface area contributed by atoms with E-state index in [0.717, 1.165) is 30.5 Å². The van der Waals surface area contributed by atoms with Gasteiger partial charge in [0.2, 0.25) is 0 Å². The van der Waals surface area contributed by atoms with Gasteiger partial charge in [-0.2, -0.15) is 0 Å². The van der Waals surface area contributed by atoms with Crippen molar-refractivity contribution in [2.24, 2.45) is 11.8 Å². The highest BCUT2D eigenvalue weighted by atomic mass is 16.3. The molecule has 0 spiro atoms. The van der Waals surface area contributed by atoms with Gasteiger partial charge in [0.05, 0.1) is 6.10 Å². The third kappa shape index (κ3) is 3.58. The van der Waals surface area contributed by atoms with Crippen molar-refractivity contribution < 1.29 is 5.11 Å². The third-order valence-corrected chi connectivity index (χ3v) is 4.35. The molecule has 19 heavy (non-hydrogen) atoms. The molecular formula is C17H27NO. The molecule has 0 bridgehead atoms. The molecule has 1 N–H and O–H groups in total. The Balaban J connectivity index is 2.05. The molecule has 2 nitrogen and oxygen atoms in total. The second-order valence-corrected chi connectivity index (χ2v) is 6.50. The average molecular weight is 261 g/mol. The summed E-state index contributed by atoms with van der Waals surface area (Å²) >= 11 is 0. The summed E-state index contributed by atoms with van der Waals surface area (Å²) in [5.41, 5.74) is 2.27. The molecular weight excluding hydrogens is 234 g/mol. The van der Waals surface area contributed by atoms with Gasteiger partial charge in [0, 0.05) is 19.1 Å². The molecule has 1 aromatic rings. The van der Waals surface area contributed by atoms with Crippen LogP contribution in [0.3, 0.4) is 0 Å². The molecule has 106 valence electrons. The summed E-state index contributed by atoms with van der Waals surface area (Å²) in [6.45, 7) is 11.1. The minimum Gasteiger partial charge on any atom is -0.387 e. The van der Waals surface area contributed by atoms with E-state index >= 15 is 0 Å². The third-order valence-electron chi connectivity index (χ3n) is 4.35. The zero-order valence-corrected chi connectivity index (χ0v) is 12.6. The molecule has 1 aromatic carbocycles. The van der Waals surface area contributed by atoms with E-state index in [9.17, 15) is 5.11 Å². The smallest absolute Gasteiger partial charge is 0.0942 e. The molecule has 0 radical (unpaired) electrons. The fourth-order valence-corrected chi connectivity index (χ4v) is 3.29. The molecule has 2 heteroatoms. The lowest BCUT2D eigenvalue weighted by Crippen LogP contribution is -2.46. The number of hydrogen-bond acceptors (Lipinski definition) is 2. The molecule has 1 aliphatic heterocycles. The van der Waals surface area contributed by atoms with E-state index in [2.05, 4.69) is 44.7 Å². The largest absolute Gasteiger partial charge is 0.387 e. The Hall–Kier alpha value is -0.860. The van der Waals surface area contributed by atoms with Crippen molar-refractivity contribution in [2.45, 2.75) is 46.3 Å².